The van der Waals surface area contributed by atoms with Crippen LogP contribution in [-0.4, -0.2) is 58.7 Å². The van der Waals surface area contributed by atoms with Crippen molar-refractivity contribution in [2.45, 2.75) is 30.9 Å². The van der Waals surface area contributed by atoms with Crippen LogP contribution in [0.5, 0.6) is 0 Å². The number of amides is 1. The minimum Gasteiger partial charge on any atom is -0.451 e. The van der Waals surface area contributed by atoms with E-state index in [0.717, 1.165) is 30.9 Å². The fourth-order valence-electron chi connectivity index (χ4n) is 3.16. The van der Waals surface area contributed by atoms with Gasteiger partial charge in [-0.2, -0.15) is 4.72 Å². The summed E-state index contributed by atoms with van der Waals surface area (Å²) in [6.07, 6.45) is -1.18. The lowest BCUT2D eigenvalue weighted by atomic mass is 10.2. The Balaban J connectivity index is 1.53. The molecule has 33 heavy (non-hydrogen) atoms. The van der Waals surface area contributed by atoms with Crippen LogP contribution in [0.3, 0.4) is 0 Å². The number of nitrogens with one attached hydrogen (secondary N) is 2. The number of ether oxygens (including phenoxy) is 2. The van der Waals surface area contributed by atoms with E-state index in [9.17, 15) is 22.4 Å². The van der Waals surface area contributed by atoms with Crippen molar-refractivity contribution in [3.63, 3.8) is 0 Å². The number of esters is 1. The van der Waals surface area contributed by atoms with Gasteiger partial charge in [-0.15, -0.1) is 0 Å². The van der Waals surface area contributed by atoms with Crippen molar-refractivity contribution in [2.24, 2.45) is 0 Å². The number of nitrogens with zero attached hydrogens (tertiary/aromatic N) is 1. The van der Waals surface area contributed by atoms with Crippen LogP contribution in [-0.2, 0) is 29.1 Å². The van der Waals surface area contributed by atoms with Crippen LogP contribution >= 0.6 is 0 Å². The molecule has 1 fully saturated rings. The van der Waals surface area contributed by atoms with Crippen molar-refractivity contribution in [3.05, 3.63) is 54.3 Å². The third kappa shape index (κ3) is 6.50. The predicted octanol–water partition coefficient (Wildman–Crippen LogP) is 1.90. The SMILES string of the molecule is C[C@H](NS(=O)(=O)c1ccccc1F)C(=O)O[C@H](C)C(=O)Nc1ccc(N2CCOCC2)cc1. The maximum absolute atomic E-state index is 13.8. The Morgan fingerprint density at radius 2 is 1.70 bits per heavy atom. The van der Waals surface area contributed by atoms with Gasteiger partial charge in [0.15, 0.2) is 6.10 Å². The molecular formula is C22H26FN3O6S. The maximum Gasteiger partial charge on any atom is 0.324 e. The smallest absolute Gasteiger partial charge is 0.324 e. The molecule has 2 atom stereocenters. The van der Waals surface area contributed by atoms with E-state index < -0.39 is 44.8 Å². The summed E-state index contributed by atoms with van der Waals surface area (Å²) in [5.41, 5.74) is 1.53. The Labute approximate surface area is 191 Å². The van der Waals surface area contributed by atoms with Crippen LogP contribution in [0, 0.1) is 5.82 Å². The third-order valence-corrected chi connectivity index (χ3v) is 6.56. The lowest BCUT2D eigenvalue weighted by Gasteiger charge is -2.29. The first kappa shape index (κ1) is 24.6. The van der Waals surface area contributed by atoms with E-state index in [1.165, 1.54) is 26.0 Å². The van der Waals surface area contributed by atoms with Crippen LogP contribution in [0.2, 0.25) is 0 Å². The quantitative estimate of drug-likeness (QED) is 0.556. The molecule has 2 N–H and O–H groups in total. The Kier molecular flexibility index (Phi) is 8.01. The minimum absolute atomic E-state index is 0.521. The van der Waals surface area contributed by atoms with E-state index in [1.54, 1.807) is 12.1 Å². The second-order valence-corrected chi connectivity index (χ2v) is 9.17. The highest BCUT2D eigenvalue weighted by Gasteiger charge is 2.28. The molecule has 0 aromatic heterocycles. The summed E-state index contributed by atoms with van der Waals surface area (Å²) in [5, 5.41) is 2.65. The zero-order chi connectivity index (χ0) is 24.0. The molecule has 1 heterocycles. The molecule has 1 amide bonds. The number of benzene rings is 2. The highest BCUT2D eigenvalue weighted by Crippen LogP contribution is 2.19. The largest absolute Gasteiger partial charge is 0.451 e. The standard InChI is InChI=1S/C22H26FN3O6S/c1-15(25-33(29,30)20-6-4-3-5-19(20)23)22(28)32-16(2)21(27)24-17-7-9-18(10-8-17)26-11-13-31-14-12-26/h3-10,15-16,25H,11-14H2,1-2H3,(H,24,27)/t15-,16+/m0/s1. The van der Waals surface area contributed by atoms with Gasteiger partial charge in [0.25, 0.3) is 5.91 Å². The number of anilines is 2. The average molecular weight is 480 g/mol. The summed E-state index contributed by atoms with van der Waals surface area (Å²) in [4.78, 5) is 26.3. The Morgan fingerprint density at radius 1 is 1.06 bits per heavy atom. The molecule has 2 aromatic rings. The number of morpholine rings is 1. The molecule has 178 valence electrons. The molecule has 0 spiro atoms. The summed E-state index contributed by atoms with van der Waals surface area (Å²) >= 11 is 0. The van der Waals surface area contributed by atoms with E-state index in [0.29, 0.717) is 18.9 Å². The summed E-state index contributed by atoms with van der Waals surface area (Å²) in [6.45, 7) is 5.52. The molecule has 0 aliphatic carbocycles. The first-order chi connectivity index (χ1) is 15.7. The predicted molar refractivity (Wildman–Crippen MR) is 120 cm³/mol. The number of hydrogen-bond acceptors (Lipinski definition) is 7. The summed E-state index contributed by atoms with van der Waals surface area (Å²) in [6, 6.07) is 10.7. The highest BCUT2D eigenvalue weighted by atomic mass is 32.2. The van der Waals surface area contributed by atoms with Crippen LogP contribution in [0.4, 0.5) is 15.8 Å². The molecule has 0 radical (unpaired) electrons. The first-order valence-corrected chi connectivity index (χ1v) is 11.9. The van der Waals surface area contributed by atoms with Gasteiger partial charge < -0.3 is 19.7 Å². The number of carbonyl (C=O) groups excluding carboxylic acids is 2. The molecule has 11 heteroatoms. The summed E-state index contributed by atoms with van der Waals surface area (Å²) < 4.78 is 50.9. The average Bonchev–Trinajstić information content (AvgIpc) is 2.80. The van der Waals surface area contributed by atoms with Crippen LogP contribution < -0.4 is 14.9 Å². The van der Waals surface area contributed by atoms with Crippen LogP contribution in [0.25, 0.3) is 0 Å². The molecule has 3 rings (SSSR count). The number of hydrogen-bond donors (Lipinski definition) is 2. The van der Waals surface area contributed by atoms with Crippen molar-refractivity contribution < 1.29 is 31.9 Å². The van der Waals surface area contributed by atoms with E-state index in [-0.39, 0.29) is 0 Å². The monoisotopic (exact) mass is 479 g/mol. The number of sulfonamides is 1. The second-order valence-electron chi connectivity index (χ2n) is 7.49. The molecule has 1 aliphatic heterocycles. The van der Waals surface area contributed by atoms with Crippen molar-refractivity contribution in [1.29, 1.82) is 0 Å². The third-order valence-electron chi connectivity index (χ3n) is 4.98. The van der Waals surface area contributed by atoms with Crippen molar-refractivity contribution >= 4 is 33.3 Å². The van der Waals surface area contributed by atoms with Gasteiger partial charge in [-0.3, -0.25) is 9.59 Å². The van der Waals surface area contributed by atoms with Crippen LogP contribution in [0.1, 0.15) is 13.8 Å². The fraction of sp³-hybridized carbons (Fsp3) is 0.364. The summed E-state index contributed by atoms with van der Waals surface area (Å²) in [7, 11) is -4.29. The van der Waals surface area contributed by atoms with Crippen LogP contribution in [0.15, 0.2) is 53.4 Å². The van der Waals surface area contributed by atoms with Gasteiger partial charge in [0.1, 0.15) is 16.8 Å². The summed E-state index contributed by atoms with van der Waals surface area (Å²) in [5.74, 6) is -2.50. The second kappa shape index (κ2) is 10.7. The Bertz CT molecular complexity index is 1090. The Hall–Kier alpha value is -3.02. The van der Waals surface area contributed by atoms with E-state index in [1.807, 2.05) is 12.1 Å². The minimum atomic E-state index is -4.29. The molecule has 9 nitrogen and oxygen atoms in total. The molecule has 1 aliphatic rings. The van der Waals surface area contributed by atoms with E-state index >= 15 is 0 Å². The zero-order valence-corrected chi connectivity index (χ0v) is 19.1. The number of carbonyl (C=O) groups is 2. The zero-order valence-electron chi connectivity index (χ0n) is 18.3. The highest BCUT2D eigenvalue weighted by molar-refractivity contribution is 7.89. The fourth-order valence-corrected chi connectivity index (χ4v) is 4.43. The van der Waals surface area contributed by atoms with Gasteiger partial charge in [-0.1, -0.05) is 12.1 Å². The lowest BCUT2D eigenvalue weighted by Crippen LogP contribution is -2.42. The molecule has 0 unspecified atom stereocenters. The normalized spacial score (nSPS) is 16.0. The molecule has 2 aromatic carbocycles. The topological polar surface area (TPSA) is 114 Å². The van der Waals surface area contributed by atoms with Crippen molar-refractivity contribution in [1.82, 2.24) is 4.72 Å². The number of halogens is 1. The van der Waals surface area contributed by atoms with E-state index in [4.69, 9.17) is 9.47 Å². The van der Waals surface area contributed by atoms with E-state index in [2.05, 4.69) is 14.9 Å². The van der Waals surface area contributed by atoms with Gasteiger partial charge >= 0.3 is 5.97 Å². The van der Waals surface area contributed by atoms with Gasteiger partial charge in [-0.25, -0.2) is 12.8 Å². The van der Waals surface area contributed by atoms with Gasteiger partial charge in [0, 0.05) is 24.5 Å². The molecule has 0 bridgehead atoms. The van der Waals surface area contributed by atoms with Gasteiger partial charge in [0.05, 0.1) is 13.2 Å². The molecular weight excluding hydrogens is 453 g/mol. The maximum atomic E-state index is 13.8. The van der Waals surface area contributed by atoms with Crippen molar-refractivity contribution in [2.75, 3.05) is 36.5 Å². The lowest BCUT2D eigenvalue weighted by molar-refractivity contribution is -0.154. The molecule has 0 saturated carbocycles. The molecule has 1 saturated heterocycles. The van der Waals surface area contributed by atoms with Gasteiger partial charge in [0.2, 0.25) is 10.0 Å². The number of rotatable bonds is 8. The van der Waals surface area contributed by atoms with Gasteiger partial charge in [-0.05, 0) is 50.2 Å². The Morgan fingerprint density at radius 3 is 2.33 bits per heavy atom. The first-order valence-electron chi connectivity index (χ1n) is 10.4. The van der Waals surface area contributed by atoms with Crippen molar-refractivity contribution in [3.8, 4) is 0 Å².